The summed E-state index contributed by atoms with van der Waals surface area (Å²) in [5.74, 6) is -2.32. The van der Waals surface area contributed by atoms with Crippen LogP contribution in [0, 0.1) is 0 Å². The molecule has 8 heteroatoms. The van der Waals surface area contributed by atoms with E-state index < -0.39 is 27.5 Å². The van der Waals surface area contributed by atoms with Crippen molar-refractivity contribution in [2.75, 3.05) is 17.2 Å². The number of carboxylic acid groups (broad SMARTS) is 1. The maximum absolute atomic E-state index is 11.8. The lowest BCUT2D eigenvalue weighted by Crippen LogP contribution is -2.42. The molecular formula is C10H10N2O5S. The number of sulfone groups is 1. The van der Waals surface area contributed by atoms with Gasteiger partial charge in [0.25, 0.3) is 0 Å². The number of hydrogen-bond acceptors (Lipinski definition) is 5. The number of carbonyl (C=O) groups excluding carboxylic acids is 1. The summed E-state index contributed by atoms with van der Waals surface area (Å²) in [5.41, 5.74) is 0.148. The lowest BCUT2D eigenvalue weighted by atomic mass is 10.3. The molecule has 0 spiro atoms. The molecule has 1 aliphatic heterocycles. The molecule has 2 heterocycles. The first-order valence-electron chi connectivity index (χ1n) is 5.11. The van der Waals surface area contributed by atoms with Gasteiger partial charge in [-0.2, -0.15) is 0 Å². The monoisotopic (exact) mass is 270 g/mol. The molecular weight excluding hydrogens is 260 g/mol. The Hall–Kier alpha value is -1.96. The predicted octanol–water partition coefficient (Wildman–Crippen LogP) is -0.323. The summed E-state index contributed by atoms with van der Waals surface area (Å²) in [4.78, 5) is 27.2. The van der Waals surface area contributed by atoms with Crippen molar-refractivity contribution < 1.29 is 23.1 Å². The molecule has 1 aliphatic rings. The molecule has 0 saturated heterocycles. The van der Waals surface area contributed by atoms with E-state index >= 15 is 0 Å². The second-order valence-corrected chi connectivity index (χ2v) is 5.75. The van der Waals surface area contributed by atoms with Crippen LogP contribution in [0.5, 0.6) is 0 Å². The van der Waals surface area contributed by atoms with Crippen LogP contribution in [0.3, 0.4) is 0 Å². The van der Waals surface area contributed by atoms with Crippen molar-refractivity contribution in [3.8, 4) is 0 Å². The molecule has 0 bridgehead atoms. The van der Waals surface area contributed by atoms with Crippen molar-refractivity contribution in [1.29, 1.82) is 0 Å². The number of hydrogen-bond donors (Lipinski definition) is 1. The van der Waals surface area contributed by atoms with Crippen LogP contribution < -0.4 is 4.90 Å². The van der Waals surface area contributed by atoms with Gasteiger partial charge < -0.3 is 10.0 Å². The molecule has 0 fully saturated rings. The topological polar surface area (TPSA) is 105 Å². The van der Waals surface area contributed by atoms with E-state index in [0.717, 1.165) is 4.90 Å². The van der Waals surface area contributed by atoms with E-state index in [1.54, 1.807) is 0 Å². The fourth-order valence-electron chi connectivity index (χ4n) is 1.74. The summed E-state index contributed by atoms with van der Waals surface area (Å²) in [7, 11) is -3.64. The number of aliphatic carboxylic acids is 1. The van der Waals surface area contributed by atoms with Crippen molar-refractivity contribution in [2.45, 2.75) is 11.3 Å². The van der Waals surface area contributed by atoms with Crippen LogP contribution in [-0.2, 0) is 19.4 Å². The number of carbonyl (C=O) groups is 2. The fraction of sp³-hybridized carbons (Fsp3) is 0.300. The minimum absolute atomic E-state index is 0.0162. The van der Waals surface area contributed by atoms with E-state index in [1.807, 2.05) is 0 Å². The Morgan fingerprint density at radius 2 is 2.22 bits per heavy atom. The number of aromatic nitrogens is 1. The molecule has 18 heavy (non-hydrogen) atoms. The Labute approximate surface area is 103 Å². The first-order valence-corrected chi connectivity index (χ1v) is 6.76. The van der Waals surface area contributed by atoms with Crippen LogP contribution in [0.2, 0.25) is 0 Å². The van der Waals surface area contributed by atoms with E-state index in [4.69, 9.17) is 5.11 Å². The first kappa shape index (κ1) is 12.5. The maximum atomic E-state index is 11.8. The number of nitrogens with zero attached hydrogens (tertiary/aromatic N) is 2. The van der Waals surface area contributed by atoms with E-state index in [-0.39, 0.29) is 23.5 Å². The average molecular weight is 270 g/mol. The van der Waals surface area contributed by atoms with Gasteiger partial charge >= 0.3 is 5.97 Å². The predicted molar refractivity (Wildman–Crippen MR) is 60.9 cm³/mol. The number of pyridine rings is 1. The molecule has 0 atom stereocenters. The second-order valence-electron chi connectivity index (χ2n) is 3.79. The highest BCUT2D eigenvalue weighted by Crippen LogP contribution is 2.29. The third-order valence-electron chi connectivity index (χ3n) is 2.55. The van der Waals surface area contributed by atoms with Crippen LogP contribution >= 0.6 is 0 Å². The van der Waals surface area contributed by atoms with Gasteiger partial charge in [-0.05, 0) is 6.07 Å². The van der Waals surface area contributed by atoms with Crippen LogP contribution in [0.1, 0.15) is 6.42 Å². The largest absolute Gasteiger partial charge is 0.481 e. The molecule has 0 unspecified atom stereocenters. The zero-order chi connectivity index (χ0) is 13.3. The van der Waals surface area contributed by atoms with Crippen LogP contribution in [0.25, 0.3) is 0 Å². The quantitative estimate of drug-likeness (QED) is 0.806. The van der Waals surface area contributed by atoms with E-state index in [2.05, 4.69) is 4.98 Å². The van der Waals surface area contributed by atoms with Crippen molar-refractivity contribution in [3.63, 3.8) is 0 Å². The summed E-state index contributed by atoms with van der Waals surface area (Å²) in [6.45, 7) is -0.0671. The Kier molecular flexibility index (Phi) is 3.04. The van der Waals surface area contributed by atoms with Gasteiger partial charge in [-0.1, -0.05) is 0 Å². The highest BCUT2D eigenvalue weighted by molar-refractivity contribution is 7.92. The zero-order valence-electron chi connectivity index (χ0n) is 9.24. The van der Waals surface area contributed by atoms with E-state index in [0.29, 0.717) is 0 Å². The van der Waals surface area contributed by atoms with Gasteiger partial charge in [0.1, 0.15) is 5.75 Å². The number of rotatable bonds is 3. The Morgan fingerprint density at radius 3 is 2.89 bits per heavy atom. The van der Waals surface area contributed by atoms with Gasteiger partial charge in [-0.15, -0.1) is 0 Å². The highest BCUT2D eigenvalue weighted by Gasteiger charge is 2.34. The molecule has 1 amide bonds. The molecule has 0 radical (unpaired) electrons. The highest BCUT2D eigenvalue weighted by atomic mass is 32.2. The summed E-state index contributed by atoms with van der Waals surface area (Å²) in [6, 6.07) is 1.31. The van der Waals surface area contributed by atoms with Crippen LogP contribution in [0.4, 0.5) is 5.69 Å². The van der Waals surface area contributed by atoms with E-state index in [1.165, 1.54) is 18.5 Å². The fourth-order valence-corrected chi connectivity index (χ4v) is 3.13. The smallest absolute Gasteiger partial charge is 0.305 e. The van der Waals surface area contributed by atoms with Gasteiger partial charge in [0, 0.05) is 12.7 Å². The van der Waals surface area contributed by atoms with Gasteiger partial charge in [0.05, 0.1) is 23.2 Å². The van der Waals surface area contributed by atoms with Crippen molar-refractivity contribution in [3.05, 3.63) is 18.5 Å². The molecule has 0 saturated carbocycles. The number of anilines is 1. The molecule has 2 rings (SSSR count). The Balaban J connectivity index is 2.43. The molecule has 96 valence electrons. The summed E-state index contributed by atoms with van der Waals surface area (Å²) in [5, 5.41) is 8.61. The van der Waals surface area contributed by atoms with Gasteiger partial charge in [0.2, 0.25) is 5.91 Å². The van der Waals surface area contributed by atoms with E-state index in [9.17, 15) is 18.0 Å². The summed E-state index contributed by atoms with van der Waals surface area (Å²) in [6.07, 6.45) is 2.33. The second kappa shape index (κ2) is 4.37. The number of fused-ring (bicyclic) bond motifs is 1. The standard InChI is InChI=1S/C10H10N2O5S/c13-9-6-18(16,17)8-1-3-11-5-7(8)12(9)4-2-10(14)15/h1,3,5H,2,4,6H2,(H,14,15). The normalized spacial score (nSPS) is 17.3. The van der Waals surface area contributed by atoms with Crippen molar-refractivity contribution in [2.24, 2.45) is 0 Å². The third-order valence-corrected chi connectivity index (χ3v) is 4.19. The number of amides is 1. The van der Waals surface area contributed by atoms with Crippen molar-refractivity contribution >= 4 is 27.4 Å². The molecule has 0 aromatic carbocycles. The summed E-state index contributed by atoms with van der Waals surface area (Å²) >= 11 is 0. The molecule has 7 nitrogen and oxygen atoms in total. The molecule has 1 aromatic heterocycles. The molecule has 1 N–H and O–H groups in total. The molecule has 0 aliphatic carbocycles. The van der Waals surface area contributed by atoms with Gasteiger partial charge in [-0.3, -0.25) is 14.6 Å². The van der Waals surface area contributed by atoms with Crippen LogP contribution in [-0.4, -0.2) is 42.7 Å². The SMILES string of the molecule is O=C(O)CCN1C(=O)CS(=O)(=O)c2ccncc21. The van der Waals surface area contributed by atoms with Gasteiger partial charge in [-0.25, -0.2) is 8.42 Å². The zero-order valence-corrected chi connectivity index (χ0v) is 10.1. The number of carboxylic acids is 1. The minimum atomic E-state index is -3.64. The average Bonchev–Trinajstić information content (AvgIpc) is 2.27. The maximum Gasteiger partial charge on any atom is 0.305 e. The Bertz CT molecular complexity index is 610. The summed E-state index contributed by atoms with van der Waals surface area (Å²) < 4.78 is 23.6. The van der Waals surface area contributed by atoms with Gasteiger partial charge in [0.15, 0.2) is 9.84 Å². The first-order chi connectivity index (χ1) is 8.42. The minimum Gasteiger partial charge on any atom is -0.481 e. The lowest BCUT2D eigenvalue weighted by Gasteiger charge is -2.28. The van der Waals surface area contributed by atoms with Crippen LogP contribution in [0.15, 0.2) is 23.4 Å². The lowest BCUT2D eigenvalue weighted by molar-refractivity contribution is -0.136. The Morgan fingerprint density at radius 1 is 1.50 bits per heavy atom. The molecule has 1 aromatic rings. The third kappa shape index (κ3) is 2.19. The van der Waals surface area contributed by atoms with Crippen molar-refractivity contribution in [1.82, 2.24) is 4.98 Å².